The minimum Gasteiger partial charge on any atom is -0.497 e. The van der Waals surface area contributed by atoms with E-state index in [0.717, 1.165) is 5.56 Å². The van der Waals surface area contributed by atoms with Crippen LogP contribution in [0.2, 0.25) is 0 Å². The van der Waals surface area contributed by atoms with Crippen LogP contribution in [0.25, 0.3) is 0 Å². The number of rotatable bonds is 9. The molecular weight excluding hydrogens is 514 g/mol. The second kappa shape index (κ2) is 12.3. The summed E-state index contributed by atoms with van der Waals surface area (Å²) < 4.78 is 27.3. The van der Waals surface area contributed by atoms with Crippen molar-refractivity contribution in [3.63, 3.8) is 0 Å². The number of nitrogens with one attached hydrogen (secondary N) is 1. The third kappa shape index (κ3) is 5.28. The highest BCUT2D eigenvalue weighted by Crippen LogP contribution is 2.50. The Kier molecular flexibility index (Phi) is 8.82. The van der Waals surface area contributed by atoms with E-state index in [2.05, 4.69) is 5.32 Å². The summed E-state index contributed by atoms with van der Waals surface area (Å²) in [4.78, 5) is 41.2. The Morgan fingerprint density at radius 1 is 0.925 bits per heavy atom. The molecule has 0 amide bonds. The molecule has 1 heterocycles. The average Bonchev–Trinajstić information content (AvgIpc) is 2.96. The van der Waals surface area contributed by atoms with Crippen molar-refractivity contribution in [1.82, 2.24) is 5.32 Å². The van der Waals surface area contributed by atoms with E-state index in [4.69, 9.17) is 23.7 Å². The fourth-order valence-electron chi connectivity index (χ4n) is 5.57. The topological polar surface area (TPSA) is 109 Å². The number of methoxy groups -OCH3 is 3. The summed E-state index contributed by atoms with van der Waals surface area (Å²) in [5.74, 6) is -2.46. The van der Waals surface area contributed by atoms with Crippen LogP contribution in [0.15, 0.2) is 65.0 Å². The van der Waals surface area contributed by atoms with Crippen molar-refractivity contribution in [2.24, 2.45) is 5.92 Å². The zero-order chi connectivity index (χ0) is 29.0. The third-order valence-corrected chi connectivity index (χ3v) is 7.33. The number of hydrogen-bond donors (Lipinski definition) is 1. The van der Waals surface area contributed by atoms with E-state index in [9.17, 15) is 14.4 Å². The van der Waals surface area contributed by atoms with Crippen molar-refractivity contribution in [2.45, 2.75) is 39.0 Å². The van der Waals surface area contributed by atoms with Gasteiger partial charge in [0.1, 0.15) is 23.2 Å². The second-order valence-corrected chi connectivity index (χ2v) is 9.50. The monoisotopic (exact) mass is 549 g/mol. The molecule has 2 aromatic carbocycles. The van der Waals surface area contributed by atoms with Crippen molar-refractivity contribution >= 4 is 17.7 Å². The normalized spacial score (nSPS) is 20.4. The first kappa shape index (κ1) is 28.7. The van der Waals surface area contributed by atoms with Crippen LogP contribution < -0.4 is 19.5 Å². The smallest absolute Gasteiger partial charge is 0.336 e. The van der Waals surface area contributed by atoms with Gasteiger partial charge in [-0.3, -0.25) is 9.59 Å². The van der Waals surface area contributed by atoms with Gasteiger partial charge >= 0.3 is 11.9 Å². The lowest BCUT2D eigenvalue weighted by Crippen LogP contribution is -2.43. The van der Waals surface area contributed by atoms with Crippen LogP contribution in [-0.4, -0.2) is 52.3 Å². The molecule has 0 saturated carbocycles. The zero-order valence-corrected chi connectivity index (χ0v) is 23.7. The average molecular weight is 550 g/mol. The van der Waals surface area contributed by atoms with Crippen LogP contribution in [0.3, 0.4) is 0 Å². The number of benzene rings is 2. The molecule has 40 heavy (non-hydrogen) atoms. The number of allylic oxidation sites excluding steroid dienone is 3. The molecular formula is C31H35NO8. The fraction of sp³-hybridized carbons (Fsp3) is 0.387. The summed E-state index contributed by atoms with van der Waals surface area (Å²) in [5.41, 5.74) is 3.14. The first-order valence-corrected chi connectivity index (χ1v) is 13.2. The maximum atomic E-state index is 14.5. The van der Waals surface area contributed by atoms with Crippen molar-refractivity contribution in [3.05, 3.63) is 76.1 Å². The Hall–Kier alpha value is -4.27. The van der Waals surface area contributed by atoms with E-state index in [1.165, 1.54) is 7.11 Å². The molecule has 0 bridgehead atoms. The highest BCUT2D eigenvalue weighted by atomic mass is 16.5. The predicted molar refractivity (Wildman–Crippen MR) is 147 cm³/mol. The molecule has 9 nitrogen and oxygen atoms in total. The van der Waals surface area contributed by atoms with Crippen molar-refractivity contribution in [2.75, 3.05) is 34.5 Å². The minimum atomic E-state index is -1.12. The lowest BCUT2D eigenvalue weighted by molar-refractivity contribution is -0.152. The molecule has 0 radical (unpaired) electrons. The molecule has 1 N–H and O–H groups in total. The molecule has 2 aliphatic rings. The maximum absolute atomic E-state index is 14.5. The molecule has 0 spiro atoms. The molecule has 3 atom stereocenters. The van der Waals surface area contributed by atoms with E-state index in [-0.39, 0.29) is 18.8 Å². The van der Waals surface area contributed by atoms with Gasteiger partial charge in [0.05, 0.1) is 46.0 Å². The standard InChI is InChI=1S/C31H35NO8/c1-7-39-30(34)25-17(3)32-23-16-22(18-10-9-11-19(14-18)36-4)27(31(35)40-8-2)29(33)28(23)26(25)21-13-12-20(37-5)15-24(21)38-6/h9-15,22,26-27,32H,7-8,16H2,1-6H3. The number of dihydropyridines is 1. The van der Waals surface area contributed by atoms with E-state index in [1.54, 1.807) is 53.2 Å². The molecule has 2 aromatic rings. The van der Waals surface area contributed by atoms with Crippen LogP contribution in [0, 0.1) is 5.92 Å². The van der Waals surface area contributed by atoms with Gasteiger partial charge in [0.25, 0.3) is 0 Å². The van der Waals surface area contributed by atoms with E-state index in [0.29, 0.717) is 46.2 Å². The second-order valence-electron chi connectivity index (χ2n) is 9.50. The molecule has 9 heteroatoms. The van der Waals surface area contributed by atoms with Gasteiger partial charge in [-0.05, 0) is 51.0 Å². The first-order valence-electron chi connectivity index (χ1n) is 13.2. The summed E-state index contributed by atoms with van der Waals surface area (Å²) in [6, 6.07) is 12.5. The Morgan fingerprint density at radius 2 is 1.62 bits per heavy atom. The Morgan fingerprint density at radius 3 is 2.27 bits per heavy atom. The molecule has 0 aromatic heterocycles. The number of hydrogen-bond acceptors (Lipinski definition) is 9. The number of carbonyl (C=O) groups excluding carboxylic acids is 3. The highest BCUT2D eigenvalue weighted by Gasteiger charge is 2.49. The van der Waals surface area contributed by atoms with E-state index >= 15 is 0 Å². The summed E-state index contributed by atoms with van der Waals surface area (Å²) in [5, 5.41) is 3.31. The van der Waals surface area contributed by atoms with Crippen molar-refractivity contribution in [3.8, 4) is 17.2 Å². The predicted octanol–water partition coefficient (Wildman–Crippen LogP) is 4.43. The number of ketones is 1. The fourth-order valence-corrected chi connectivity index (χ4v) is 5.57. The van der Waals surface area contributed by atoms with Gasteiger partial charge in [0, 0.05) is 34.5 Å². The van der Waals surface area contributed by atoms with E-state index < -0.39 is 35.5 Å². The molecule has 0 saturated heterocycles. The summed E-state index contributed by atoms with van der Waals surface area (Å²) in [6.07, 6.45) is 0.333. The summed E-state index contributed by atoms with van der Waals surface area (Å²) in [7, 11) is 4.62. The van der Waals surface area contributed by atoms with Crippen LogP contribution in [-0.2, 0) is 23.9 Å². The molecule has 1 aliphatic carbocycles. The number of ether oxygens (including phenoxy) is 5. The minimum absolute atomic E-state index is 0.125. The van der Waals surface area contributed by atoms with Crippen LogP contribution in [0.1, 0.15) is 50.2 Å². The van der Waals surface area contributed by atoms with Gasteiger partial charge in [0.15, 0.2) is 5.78 Å². The van der Waals surface area contributed by atoms with Crippen molar-refractivity contribution < 1.29 is 38.1 Å². The third-order valence-electron chi connectivity index (χ3n) is 7.33. The largest absolute Gasteiger partial charge is 0.497 e. The Bertz CT molecular complexity index is 1380. The highest BCUT2D eigenvalue weighted by molar-refractivity contribution is 6.13. The first-order chi connectivity index (χ1) is 19.3. The number of Topliss-reactive ketones (excluding diaryl/α,β-unsaturated/α-hetero) is 1. The number of esters is 2. The van der Waals surface area contributed by atoms with Crippen LogP contribution >= 0.6 is 0 Å². The SMILES string of the molecule is CCOC(=O)C1=C(C)NC2=C(C(=O)C(C(=O)OCC)C(c3cccc(OC)c3)C2)C1c1ccc(OC)cc1OC. The molecule has 1 aliphatic heterocycles. The molecule has 0 fully saturated rings. The molecule has 3 unspecified atom stereocenters. The maximum Gasteiger partial charge on any atom is 0.336 e. The lowest BCUT2D eigenvalue weighted by atomic mass is 9.67. The molecule has 212 valence electrons. The quantitative estimate of drug-likeness (QED) is 0.359. The van der Waals surface area contributed by atoms with E-state index in [1.807, 2.05) is 24.3 Å². The zero-order valence-electron chi connectivity index (χ0n) is 23.7. The Labute approximate surface area is 234 Å². The van der Waals surface area contributed by atoms with Crippen LogP contribution in [0.5, 0.6) is 17.2 Å². The van der Waals surface area contributed by atoms with Gasteiger partial charge in [-0.1, -0.05) is 18.2 Å². The van der Waals surface area contributed by atoms with Gasteiger partial charge in [-0.2, -0.15) is 0 Å². The van der Waals surface area contributed by atoms with Gasteiger partial charge in [-0.25, -0.2) is 4.79 Å². The van der Waals surface area contributed by atoms with Gasteiger partial charge < -0.3 is 29.0 Å². The lowest BCUT2D eigenvalue weighted by Gasteiger charge is -2.39. The summed E-state index contributed by atoms with van der Waals surface area (Å²) in [6.45, 7) is 5.49. The Balaban J connectivity index is 1.95. The number of carbonyl (C=O) groups is 3. The van der Waals surface area contributed by atoms with Crippen LogP contribution in [0.4, 0.5) is 0 Å². The van der Waals surface area contributed by atoms with Crippen molar-refractivity contribution in [1.29, 1.82) is 0 Å². The van der Waals surface area contributed by atoms with Gasteiger partial charge in [-0.15, -0.1) is 0 Å². The van der Waals surface area contributed by atoms with Gasteiger partial charge in [0.2, 0.25) is 0 Å². The molecule has 4 rings (SSSR count). The summed E-state index contributed by atoms with van der Waals surface area (Å²) >= 11 is 0.